The lowest BCUT2D eigenvalue weighted by atomic mass is 9.98. The molecule has 8 nitrogen and oxygen atoms in total. The molecule has 2 aliphatic heterocycles. The van der Waals surface area contributed by atoms with Crippen molar-refractivity contribution in [3.05, 3.63) is 0 Å². The van der Waals surface area contributed by atoms with Gasteiger partial charge in [-0.2, -0.15) is 0 Å². The van der Waals surface area contributed by atoms with Crippen LogP contribution in [-0.4, -0.2) is 67.6 Å². The largest absolute Gasteiger partial charge is 0.381 e. The van der Waals surface area contributed by atoms with Crippen molar-refractivity contribution in [2.24, 2.45) is 5.92 Å². The van der Waals surface area contributed by atoms with E-state index in [2.05, 4.69) is 13.8 Å². The van der Waals surface area contributed by atoms with Crippen molar-refractivity contribution >= 4 is 15.9 Å². The van der Waals surface area contributed by atoms with Gasteiger partial charge in [0.25, 0.3) is 5.91 Å². The summed E-state index contributed by atoms with van der Waals surface area (Å²) in [6, 6.07) is 0. The van der Waals surface area contributed by atoms with E-state index in [1.54, 1.807) is 5.48 Å². The molecule has 0 spiro atoms. The molecule has 2 fully saturated rings. The molecule has 2 saturated heterocycles. The van der Waals surface area contributed by atoms with Crippen LogP contribution in [0.4, 0.5) is 0 Å². The molecule has 2 heterocycles. The lowest BCUT2D eigenvalue weighted by molar-refractivity contribution is -0.134. The number of hydrogen-bond donors (Lipinski definition) is 2. The van der Waals surface area contributed by atoms with Gasteiger partial charge < -0.3 is 9.47 Å². The number of rotatable bonds is 8. The summed E-state index contributed by atoms with van der Waals surface area (Å²) in [5.41, 5.74) is 1.55. The third kappa shape index (κ3) is 4.75. The Kier molecular flexibility index (Phi) is 7.84. The van der Waals surface area contributed by atoms with Crippen LogP contribution in [0.3, 0.4) is 0 Å². The number of piperidine rings is 1. The predicted octanol–water partition coefficient (Wildman–Crippen LogP) is 1.29. The van der Waals surface area contributed by atoms with Crippen molar-refractivity contribution in [1.82, 2.24) is 9.79 Å². The molecule has 2 N–H and O–H groups in total. The topological polar surface area (TPSA) is 105 Å². The second kappa shape index (κ2) is 9.45. The van der Waals surface area contributed by atoms with Crippen LogP contribution in [0.2, 0.25) is 0 Å². The number of carbonyl (C=O) groups is 1. The molecule has 2 rings (SSSR count). The molecule has 0 radical (unpaired) electrons. The van der Waals surface area contributed by atoms with E-state index in [-0.39, 0.29) is 32.2 Å². The van der Waals surface area contributed by atoms with Gasteiger partial charge in [-0.1, -0.05) is 13.8 Å². The van der Waals surface area contributed by atoms with Gasteiger partial charge in [0.1, 0.15) is 0 Å². The van der Waals surface area contributed by atoms with E-state index in [1.807, 2.05) is 0 Å². The van der Waals surface area contributed by atoms with E-state index in [1.165, 1.54) is 4.31 Å². The molecular formula is C17H32N2O6S. The second-order valence-corrected chi connectivity index (χ2v) is 9.81. The first-order chi connectivity index (χ1) is 12.3. The fourth-order valence-corrected chi connectivity index (χ4v) is 5.78. The highest BCUT2D eigenvalue weighted by Gasteiger charge is 2.54. The van der Waals surface area contributed by atoms with Gasteiger partial charge in [-0.3, -0.25) is 10.0 Å². The molecule has 0 bridgehead atoms. The van der Waals surface area contributed by atoms with Gasteiger partial charge in [-0.05, 0) is 31.6 Å². The van der Waals surface area contributed by atoms with Crippen LogP contribution in [0, 0.1) is 5.92 Å². The molecule has 9 heteroatoms. The molecule has 0 aliphatic carbocycles. The Labute approximate surface area is 156 Å². The van der Waals surface area contributed by atoms with Crippen LogP contribution in [0.15, 0.2) is 0 Å². The average Bonchev–Trinajstić information content (AvgIpc) is 2.65. The lowest BCUT2D eigenvalue weighted by Crippen LogP contribution is -2.60. The predicted molar refractivity (Wildman–Crippen MR) is 96.3 cm³/mol. The summed E-state index contributed by atoms with van der Waals surface area (Å²) >= 11 is 0. The molecule has 0 aromatic heterocycles. The number of sulfonamides is 1. The van der Waals surface area contributed by atoms with E-state index < -0.39 is 20.7 Å². The highest BCUT2D eigenvalue weighted by molar-refractivity contribution is 7.91. The minimum atomic E-state index is -3.89. The van der Waals surface area contributed by atoms with E-state index in [0.717, 1.165) is 12.8 Å². The quantitative estimate of drug-likeness (QED) is 0.366. The number of amides is 1. The normalized spacial score (nSPS) is 22.5. The summed E-state index contributed by atoms with van der Waals surface area (Å²) in [5, 5.41) is 9.07. The Morgan fingerprint density at radius 2 is 1.92 bits per heavy atom. The highest BCUT2D eigenvalue weighted by atomic mass is 32.2. The van der Waals surface area contributed by atoms with Crippen LogP contribution < -0.4 is 5.48 Å². The molecule has 1 amide bonds. The zero-order chi connectivity index (χ0) is 19.2. The average molecular weight is 393 g/mol. The third-order valence-electron chi connectivity index (χ3n) is 5.33. The minimum absolute atomic E-state index is 0.0490. The van der Waals surface area contributed by atoms with Gasteiger partial charge in [0, 0.05) is 45.8 Å². The fraction of sp³-hybridized carbons (Fsp3) is 0.941. The molecule has 0 aromatic carbocycles. The number of ether oxygens (including phenoxy) is 2. The summed E-state index contributed by atoms with van der Waals surface area (Å²) in [6.45, 7) is 6.08. The van der Waals surface area contributed by atoms with Crippen LogP contribution in [0.5, 0.6) is 0 Å². The van der Waals surface area contributed by atoms with Crippen molar-refractivity contribution in [3.63, 3.8) is 0 Å². The summed E-state index contributed by atoms with van der Waals surface area (Å²) < 4.78 is 37.2. The number of carbonyl (C=O) groups excluding carboxylic acids is 1. The first-order valence-corrected chi connectivity index (χ1v) is 10.9. The summed E-state index contributed by atoms with van der Waals surface area (Å²) in [5.74, 6) is -0.216. The Morgan fingerprint density at radius 3 is 2.46 bits per heavy atom. The van der Waals surface area contributed by atoms with Crippen LogP contribution in [0.1, 0.15) is 52.4 Å². The van der Waals surface area contributed by atoms with Crippen molar-refractivity contribution < 1.29 is 27.9 Å². The minimum Gasteiger partial charge on any atom is -0.381 e. The molecule has 0 saturated carbocycles. The first-order valence-electron chi connectivity index (χ1n) is 9.47. The van der Waals surface area contributed by atoms with Gasteiger partial charge in [0.2, 0.25) is 10.0 Å². The molecular weight excluding hydrogens is 360 g/mol. The maximum Gasteiger partial charge on any atom is 0.266 e. The molecule has 0 aromatic rings. The van der Waals surface area contributed by atoms with Crippen LogP contribution >= 0.6 is 0 Å². The zero-order valence-electron chi connectivity index (χ0n) is 15.8. The second-order valence-electron chi connectivity index (χ2n) is 7.56. The standard InChI is InChI=1S/C17H32N2O6S/c1-14(2)4-3-11-25-15-5-9-19(10-6-15)26(22,23)17(16(20)18-21)7-12-24-13-8-17/h14-15,21H,3-13H2,1-2H3,(H,18,20). The van der Waals surface area contributed by atoms with Gasteiger partial charge in [0.15, 0.2) is 4.75 Å². The number of hydrogen-bond acceptors (Lipinski definition) is 6. The molecule has 0 atom stereocenters. The van der Waals surface area contributed by atoms with Crippen LogP contribution in [0.25, 0.3) is 0 Å². The fourth-order valence-electron chi connectivity index (χ4n) is 3.63. The lowest BCUT2D eigenvalue weighted by Gasteiger charge is -2.40. The third-order valence-corrected chi connectivity index (χ3v) is 7.96. The molecule has 2 aliphatic rings. The maximum absolute atomic E-state index is 13.2. The van der Waals surface area contributed by atoms with Gasteiger partial charge in [-0.15, -0.1) is 0 Å². The Bertz CT molecular complexity index is 552. The highest BCUT2D eigenvalue weighted by Crippen LogP contribution is 2.34. The monoisotopic (exact) mass is 392 g/mol. The van der Waals surface area contributed by atoms with Crippen molar-refractivity contribution in [2.75, 3.05) is 32.9 Å². The van der Waals surface area contributed by atoms with E-state index in [4.69, 9.17) is 14.7 Å². The molecule has 0 unspecified atom stereocenters. The zero-order valence-corrected chi connectivity index (χ0v) is 16.6. The first kappa shape index (κ1) is 21.6. The number of nitrogens with zero attached hydrogens (tertiary/aromatic N) is 1. The summed E-state index contributed by atoms with van der Waals surface area (Å²) in [4.78, 5) is 12.2. The molecule has 26 heavy (non-hydrogen) atoms. The Balaban J connectivity index is 1.94. The Hall–Kier alpha value is -0.740. The smallest absolute Gasteiger partial charge is 0.266 e. The van der Waals surface area contributed by atoms with Crippen molar-refractivity contribution in [2.45, 2.75) is 63.2 Å². The van der Waals surface area contributed by atoms with Crippen molar-refractivity contribution in [3.8, 4) is 0 Å². The molecule has 152 valence electrons. The van der Waals surface area contributed by atoms with Crippen LogP contribution in [-0.2, 0) is 24.3 Å². The van der Waals surface area contributed by atoms with E-state index >= 15 is 0 Å². The summed E-state index contributed by atoms with van der Waals surface area (Å²) in [6.07, 6.45) is 3.53. The van der Waals surface area contributed by atoms with Crippen molar-refractivity contribution in [1.29, 1.82) is 0 Å². The van der Waals surface area contributed by atoms with E-state index in [0.29, 0.717) is 38.5 Å². The summed E-state index contributed by atoms with van der Waals surface area (Å²) in [7, 11) is -3.89. The van der Waals surface area contributed by atoms with Gasteiger partial charge in [0.05, 0.1) is 6.10 Å². The Morgan fingerprint density at radius 1 is 1.31 bits per heavy atom. The number of nitrogens with one attached hydrogen (secondary N) is 1. The van der Waals surface area contributed by atoms with Gasteiger partial charge in [-0.25, -0.2) is 18.2 Å². The number of hydroxylamine groups is 1. The SMILES string of the molecule is CC(C)CCCOC1CCN(S(=O)(=O)C2(C(=O)NO)CCOCC2)CC1. The maximum atomic E-state index is 13.2. The van der Waals surface area contributed by atoms with Gasteiger partial charge >= 0.3 is 0 Å². The van der Waals surface area contributed by atoms with E-state index in [9.17, 15) is 13.2 Å².